The maximum Gasteiger partial charge on any atom is 0.0625 e. The van der Waals surface area contributed by atoms with Crippen LogP contribution in [0.15, 0.2) is 16.8 Å². The number of hydrogen-bond acceptors (Lipinski definition) is 3. The maximum atomic E-state index is 8.60. The Bertz CT molecular complexity index is 313. The third kappa shape index (κ3) is 2.34. The summed E-state index contributed by atoms with van der Waals surface area (Å²) in [5.74, 6) is 0.610. The summed E-state index contributed by atoms with van der Waals surface area (Å²) in [4.78, 5) is 2.45. The first-order valence-electron chi connectivity index (χ1n) is 4.99. The maximum absolute atomic E-state index is 8.60. The van der Waals surface area contributed by atoms with Gasteiger partial charge in [0.2, 0.25) is 0 Å². The molecule has 0 radical (unpaired) electrons. The van der Waals surface area contributed by atoms with Gasteiger partial charge in [-0.3, -0.25) is 4.90 Å². The lowest BCUT2D eigenvalue weighted by Crippen LogP contribution is -2.19. The first-order chi connectivity index (χ1) is 6.88. The highest BCUT2D eigenvalue weighted by Crippen LogP contribution is 2.21. The van der Waals surface area contributed by atoms with Gasteiger partial charge in [-0.05, 0) is 41.3 Å². The number of likely N-dealkylation sites (tertiary alicyclic amines) is 1. The molecule has 0 N–H and O–H groups in total. The summed E-state index contributed by atoms with van der Waals surface area (Å²) in [5, 5.41) is 12.9. The van der Waals surface area contributed by atoms with Crippen molar-refractivity contribution >= 4 is 11.3 Å². The van der Waals surface area contributed by atoms with E-state index < -0.39 is 0 Å². The van der Waals surface area contributed by atoms with Crippen LogP contribution in [0, 0.1) is 17.2 Å². The van der Waals surface area contributed by atoms with Gasteiger partial charge in [0.1, 0.15) is 0 Å². The summed E-state index contributed by atoms with van der Waals surface area (Å²) in [7, 11) is 0. The van der Waals surface area contributed by atoms with Crippen molar-refractivity contribution < 1.29 is 0 Å². The summed E-state index contributed by atoms with van der Waals surface area (Å²) >= 11 is 1.76. The molecular weight excluding hydrogens is 192 g/mol. The molecule has 0 spiro atoms. The Morgan fingerprint density at radius 2 is 2.57 bits per heavy atom. The SMILES string of the molecule is N#CCC1CCN(Cc2ccsc2)C1. The summed E-state index contributed by atoms with van der Waals surface area (Å²) in [6, 6.07) is 4.45. The highest BCUT2D eigenvalue weighted by atomic mass is 32.1. The summed E-state index contributed by atoms with van der Waals surface area (Å²) in [6.45, 7) is 3.32. The largest absolute Gasteiger partial charge is 0.299 e. The zero-order valence-corrected chi connectivity index (χ0v) is 8.96. The van der Waals surface area contributed by atoms with Crippen molar-refractivity contribution in [3.05, 3.63) is 22.4 Å². The minimum absolute atomic E-state index is 0.610. The van der Waals surface area contributed by atoms with Crippen molar-refractivity contribution in [2.75, 3.05) is 13.1 Å². The number of nitrogens with zero attached hydrogens (tertiary/aromatic N) is 2. The first-order valence-corrected chi connectivity index (χ1v) is 5.93. The van der Waals surface area contributed by atoms with Crippen LogP contribution in [-0.2, 0) is 6.54 Å². The predicted molar refractivity (Wildman–Crippen MR) is 57.9 cm³/mol. The molecular formula is C11H14N2S. The van der Waals surface area contributed by atoms with Crippen LogP contribution < -0.4 is 0 Å². The molecule has 2 rings (SSSR count). The van der Waals surface area contributed by atoms with Gasteiger partial charge >= 0.3 is 0 Å². The van der Waals surface area contributed by atoms with Crippen molar-refractivity contribution in [3.8, 4) is 6.07 Å². The first kappa shape index (κ1) is 9.70. The Labute approximate surface area is 88.8 Å². The lowest BCUT2D eigenvalue weighted by atomic mass is 10.1. The van der Waals surface area contributed by atoms with Crippen LogP contribution in [0.3, 0.4) is 0 Å². The molecule has 2 heterocycles. The average molecular weight is 206 g/mol. The van der Waals surface area contributed by atoms with Crippen LogP contribution in [0.4, 0.5) is 0 Å². The number of nitriles is 1. The minimum Gasteiger partial charge on any atom is -0.299 e. The van der Waals surface area contributed by atoms with Crippen molar-refractivity contribution in [2.45, 2.75) is 19.4 Å². The van der Waals surface area contributed by atoms with Crippen LogP contribution in [0.1, 0.15) is 18.4 Å². The second-order valence-corrected chi connectivity index (χ2v) is 4.66. The average Bonchev–Trinajstić information content (AvgIpc) is 2.79. The zero-order chi connectivity index (χ0) is 9.80. The predicted octanol–water partition coefficient (Wildman–Crippen LogP) is 2.48. The number of thiophene rings is 1. The Morgan fingerprint density at radius 3 is 3.29 bits per heavy atom. The smallest absolute Gasteiger partial charge is 0.0625 e. The fourth-order valence-electron chi connectivity index (χ4n) is 1.99. The van der Waals surface area contributed by atoms with E-state index in [1.165, 1.54) is 12.0 Å². The van der Waals surface area contributed by atoms with Crippen LogP contribution in [0.2, 0.25) is 0 Å². The van der Waals surface area contributed by atoms with E-state index in [4.69, 9.17) is 5.26 Å². The molecule has 1 fully saturated rings. The summed E-state index contributed by atoms with van der Waals surface area (Å²) in [6.07, 6.45) is 1.91. The van der Waals surface area contributed by atoms with Crippen LogP contribution >= 0.6 is 11.3 Å². The van der Waals surface area contributed by atoms with E-state index in [0.717, 1.165) is 26.1 Å². The molecule has 1 aliphatic heterocycles. The van der Waals surface area contributed by atoms with E-state index in [1.807, 2.05) is 0 Å². The van der Waals surface area contributed by atoms with E-state index in [0.29, 0.717) is 5.92 Å². The van der Waals surface area contributed by atoms with Crippen LogP contribution in [0.25, 0.3) is 0 Å². The molecule has 1 aliphatic rings. The third-order valence-electron chi connectivity index (χ3n) is 2.74. The van der Waals surface area contributed by atoms with Crippen molar-refractivity contribution in [2.24, 2.45) is 5.92 Å². The molecule has 3 heteroatoms. The van der Waals surface area contributed by atoms with E-state index in [9.17, 15) is 0 Å². The molecule has 14 heavy (non-hydrogen) atoms. The van der Waals surface area contributed by atoms with Gasteiger partial charge in [0, 0.05) is 19.5 Å². The Kier molecular flexibility index (Phi) is 3.18. The molecule has 0 aromatic carbocycles. The molecule has 1 unspecified atom stereocenters. The van der Waals surface area contributed by atoms with Crippen molar-refractivity contribution in [3.63, 3.8) is 0 Å². The monoisotopic (exact) mass is 206 g/mol. The number of rotatable bonds is 3. The quantitative estimate of drug-likeness (QED) is 0.759. The van der Waals surface area contributed by atoms with Gasteiger partial charge in [-0.15, -0.1) is 0 Å². The van der Waals surface area contributed by atoms with Gasteiger partial charge in [-0.1, -0.05) is 0 Å². The van der Waals surface area contributed by atoms with E-state index in [2.05, 4.69) is 27.8 Å². The zero-order valence-electron chi connectivity index (χ0n) is 8.15. The Hall–Kier alpha value is -0.850. The molecule has 0 saturated carbocycles. The fourth-order valence-corrected chi connectivity index (χ4v) is 2.65. The fraction of sp³-hybridized carbons (Fsp3) is 0.545. The normalized spacial score (nSPS) is 22.4. The topological polar surface area (TPSA) is 27.0 Å². The van der Waals surface area contributed by atoms with Gasteiger partial charge in [0.15, 0.2) is 0 Å². The molecule has 0 bridgehead atoms. The Morgan fingerprint density at radius 1 is 1.64 bits per heavy atom. The highest BCUT2D eigenvalue weighted by molar-refractivity contribution is 7.07. The van der Waals surface area contributed by atoms with Crippen LogP contribution in [0.5, 0.6) is 0 Å². The summed E-state index contributed by atoms with van der Waals surface area (Å²) in [5.41, 5.74) is 1.41. The molecule has 1 aromatic rings. The molecule has 0 amide bonds. The van der Waals surface area contributed by atoms with E-state index >= 15 is 0 Å². The van der Waals surface area contributed by atoms with Gasteiger partial charge in [0.25, 0.3) is 0 Å². The summed E-state index contributed by atoms with van der Waals surface area (Å²) < 4.78 is 0. The lowest BCUT2D eigenvalue weighted by molar-refractivity contribution is 0.318. The molecule has 2 nitrogen and oxygen atoms in total. The highest BCUT2D eigenvalue weighted by Gasteiger charge is 2.21. The Balaban J connectivity index is 1.82. The molecule has 1 aromatic heterocycles. The third-order valence-corrected chi connectivity index (χ3v) is 3.47. The second-order valence-electron chi connectivity index (χ2n) is 3.88. The standard InChI is InChI=1S/C11H14N2S/c12-4-1-10-2-5-13(7-10)8-11-3-6-14-9-11/h3,6,9-10H,1-2,5,7-8H2. The van der Waals surface area contributed by atoms with Gasteiger partial charge in [0.05, 0.1) is 6.07 Å². The molecule has 0 aliphatic carbocycles. The molecule has 1 saturated heterocycles. The van der Waals surface area contributed by atoms with E-state index in [-0.39, 0.29) is 0 Å². The second kappa shape index (κ2) is 4.59. The number of hydrogen-bond donors (Lipinski definition) is 0. The van der Waals surface area contributed by atoms with Crippen molar-refractivity contribution in [1.82, 2.24) is 4.90 Å². The minimum atomic E-state index is 0.610. The van der Waals surface area contributed by atoms with Gasteiger partial charge in [-0.25, -0.2) is 0 Å². The van der Waals surface area contributed by atoms with Crippen LogP contribution in [-0.4, -0.2) is 18.0 Å². The lowest BCUT2D eigenvalue weighted by Gasteiger charge is -2.13. The van der Waals surface area contributed by atoms with E-state index in [1.54, 1.807) is 11.3 Å². The van der Waals surface area contributed by atoms with Gasteiger partial charge in [-0.2, -0.15) is 16.6 Å². The van der Waals surface area contributed by atoms with Crippen molar-refractivity contribution in [1.29, 1.82) is 5.26 Å². The van der Waals surface area contributed by atoms with Gasteiger partial charge < -0.3 is 0 Å². The molecule has 74 valence electrons. The molecule has 1 atom stereocenters.